The van der Waals surface area contributed by atoms with E-state index < -0.39 is 0 Å². The molecule has 0 aromatic rings. The van der Waals surface area contributed by atoms with Crippen LogP contribution in [0.4, 0.5) is 0 Å². The predicted molar refractivity (Wildman–Crippen MR) is 32.1 cm³/mol. The van der Waals surface area contributed by atoms with Crippen LogP contribution in [0.25, 0.3) is 0 Å². The smallest absolute Gasteiger partial charge is 0.202 e. The van der Waals surface area contributed by atoms with E-state index in [1.165, 1.54) is 0 Å². The molecule has 1 fully saturated rings. The van der Waals surface area contributed by atoms with Crippen LogP contribution in [0.3, 0.4) is 0 Å². The van der Waals surface area contributed by atoms with Gasteiger partial charge in [0.25, 0.3) is 0 Å². The highest BCUT2D eigenvalue weighted by Crippen LogP contribution is 2.42. The van der Waals surface area contributed by atoms with E-state index in [0.29, 0.717) is 11.8 Å². The molecule has 1 rings (SSSR count). The number of hydrogen-bond donors (Lipinski definition) is 0. The average Bonchev–Trinajstić information content (AvgIpc) is 2.42. The second-order valence-corrected chi connectivity index (χ2v) is 2.87. The minimum Gasteiger partial charge on any atom is -0.291 e. The van der Waals surface area contributed by atoms with Crippen LogP contribution in [0.15, 0.2) is 0 Å². The van der Waals surface area contributed by atoms with Gasteiger partial charge < -0.3 is 0 Å². The Labute approximate surface area is 50.1 Å². The molecule has 45 valence electrons. The molecule has 1 aliphatic rings. The van der Waals surface area contributed by atoms with Crippen LogP contribution in [0.5, 0.6) is 0 Å². The normalized spacial score (nSPS) is 35.4. The lowest BCUT2D eigenvalue weighted by atomic mass is 10.1. The maximum atomic E-state index is 9.96. The van der Waals surface area contributed by atoms with Gasteiger partial charge in [-0.1, -0.05) is 13.8 Å². The van der Waals surface area contributed by atoms with Crippen molar-refractivity contribution in [3.8, 4) is 0 Å². The molecule has 0 heterocycles. The fourth-order valence-electron chi connectivity index (χ4n) is 1.09. The van der Waals surface area contributed by atoms with Gasteiger partial charge in [0.2, 0.25) is 6.29 Å². The summed E-state index contributed by atoms with van der Waals surface area (Å²) in [7, 11) is 0. The summed E-state index contributed by atoms with van der Waals surface area (Å²) < 4.78 is 0. The molecule has 0 aromatic carbocycles. The van der Waals surface area contributed by atoms with Gasteiger partial charge in [-0.3, -0.25) is 4.79 Å². The molecule has 0 saturated heterocycles. The van der Waals surface area contributed by atoms with E-state index in [9.17, 15) is 4.79 Å². The molecule has 1 aliphatic carbocycles. The Morgan fingerprint density at radius 3 is 2.38 bits per heavy atom. The summed E-state index contributed by atoms with van der Waals surface area (Å²) in [4.78, 5) is 9.96. The Morgan fingerprint density at radius 1 is 1.62 bits per heavy atom. The third-order valence-corrected chi connectivity index (χ3v) is 1.85. The van der Waals surface area contributed by atoms with Crippen LogP contribution in [0, 0.1) is 17.8 Å². The Hall–Kier alpha value is -0.330. The fraction of sp³-hybridized carbons (Fsp3) is 0.857. The predicted octanol–water partition coefficient (Wildman–Crippen LogP) is 1.39. The van der Waals surface area contributed by atoms with Crippen molar-refractivity contribution in [3.63, 3.8) is 0 Å². The van der Waals surface area contributed by atoms with Crippen LogP contribution >= 0.6 is 0 Å². The highest BCUT2D eigenvalue weighted by molar-refractivity contribution is 5.59. The molecule has 0 amide bonds. The van der Waals surface area contributed by atoms with Crippen molar-refractivity contribution < 1.29 is 4.79 Å². The minimum absolute atomic E-state index is 0.287. The van der Waals surface area contributed by atoms with E-state index in [-0.39, 0.29) is 5.92 Å². The van der Waals surface area contributed by atoms with Gasteiger partial charge in [0.05, 0.1) is 0 Å². The number of rotatable bonds is 2. The molecule has 8 heavy (non-hydrogen) atoms. The molecular weight excluding hydrogens is 100 g/mol. The number of hydrogen-bond acceptors (Lipinski definition) is 1. The second kappa shape index (κ2) is 1.88. The maximum Gasteiger partial charge on any atom is 0.202 e. The monoisotopic (exact) mass is 111 g/mol. The van der Waals surface area contributed by atoms with Gasteiger partial charge in [-0.2, -0.15) is 0 Å². The molecule has 0 spiro atoms. The summed E-state index contributed by atoms with van der Waals surface area (Å²) in [6, 6.07) is 0. The Kier molecular flexibility index (Phi) is 1.37. The minimum atomic E-state index is 0.287. The van der Waals surface area contributed by atoms with Crippen molar-refractivity contribution in [2.24, 2.45) is 17.8 Å². The van der Waals surface area contributed by atoms with Crippen molar-refractivity contribution in [1.29, 1.82) is 0 Å². The number of carbonyl (C=O) groups excluding carboxylic acids is 1. The van der Waals surface area contributed by atoms with Gasteiger partial charge in [0.15, 0.2) is 0 Å². The van der Waals surface area contributed by atoms with Gasteiger partial charge in [0.1, 0.15) is 0 Å². The van der Waals surface area contributed by atoms with Crippen molar-refractivity contribution in [1.82, 2.24) is 0 Å². The van der Waals surface area contributed by atoms with E-state index in [0.717, 1.165) is 6.42 Å². The van der Waals surface area contributed by atoms with E-state index >= 15 is 0 Å². The zero-order valence-electron chi connectivity index (χ0n) is 5.35. The fourth-order valence-corrected chi connectivity index (χ4v) is 1.09. The first-order valence-electron chi connectivity index (χ1n) is 3.13. The topological polar surface area (TPSA) is 17.1 Å². The van der Waals surface area contributed by atoms with E-state index in [4.69, 9.17) is 0 Å². The van der Waals surface area contributed by atoms with Gasteiger partial charge in [-0.15, -0.1) is 0 Å². The molecule has 0 aliphatic heterocycles. The molecule has 1 nitrogen and oxygen atoms in total. The lowest BCUT2D eigenvalue weighted by Gasteiger charge is -1.96. The Morgan fingerprint density at radius 2 is 2.25 bits per heavy atom. The lowest BCUT2D eigenvalue weighted by Crippen LogP contribution is -1.92. The zero-order valence-corrected chi connectivity index (χ0v) is 5.35. The van der Waals surface area contributed by atoms with Gasteiger partial charge in [-0.25, -0.2) is 0 Å². The van der Waals surface area contributed by atoms with E-state index in [1.807, 2.05) is 6.29 Å². The molecule has 1 radical (unpaired) electrons. The van der Waals surface area contributed by atoms with Crippen LogP contribution < -0.4 is 0 Å². The Balaban J connectivity index is 2.26. The van der Waals surface area contributed by atoms with Crippen LogP contribution in [-0.2, 0) is 4.79 Å². The molecule has 0 N–H and O–H groups in total. The molecular formula is C7H11O. The van der Waals surface area contributed by atoms with Crippen molar-refractivity contribution in [2.75, 3.05) is 0 Å². The molecule has 1 heteroatoms. The third-order valence-electron chi connectivity index (χ3n) is 1.85. The summed E-state index contributed by atoms with van der Waals surface area (Å²) >= 11 is 0. The highest BCUT2D eigenvalue weighted by Gasteiger charge is 2.39. The van der Waals surface area contributed by atoms with Gasteiger partial charge >= 0.3 is 0 Å². The standard InChI is InChI=1S/C7H11O/c1-5(2)7-3-6(7)4-8/h5-7H,3H2,1-2H3. The third kappa shape index (κ3) is 0.908. The average molecular weight is 111 g/mol. The lowest BCUT2D eigenvalue weighted by molar-refractivity contribution is 0.516. The largest absolute Gasteiger partial charge is 0.291 e. The second-order valence-electron chi connectivity index (χ2n) is 2.87. The van der Waals surface area contributed by atoms with Crippen LogP contribution in [-0.4, -0.2) is 6.29 Å². The SMILES string of the molecule is CC(C)C1CC1[C]=O. The zero-order chi connectivity index (χ0) is 6.15. The summed E-state index contributed by atoms with van der Waals surface area (Å²) in [5.41, 5.74) is 0. The highest BCUT2D eigenvalue weighted by atomic mass is 16.1. The first kappa shape index (κ1) is 5.80. The summed E-state index contributed by atoms with van der Waals surface area (Å²) in [6.07, 6.45) is 3.10. The molecule has 0 aromatic heterocycles. The van der Waals surface area contributed by atoms with Crippen LogP contribution in [0.2, 0.25) is 0 Å². The summed E-state index contributed by atoms with van der Waals surface area (Å²) in [5, 5.41) is 0. The molecule has 2 unspecified atom stereocenters. The van der Waals surface area contributed by atoms with Crippen molar-refractivity contribution in [3.05, 3.63) is 0 Å². The maximum absolute atomic E-state index is 9.96. The van der Waals surface area contributed by atoms with Crippen molar-refractivity contribution in [2.45, 2.75) is 20.3 Å². The molecule has 2 atom stereocenters. The quantitative estimate of drug-likeness (QED) is 0.526. The molecule has 1 saturated carbocycles. The first-order valence-corrected chi connectivity index (χ1v) is 3.13. The van der Waals surface area contributed by atoms with Gasteiger partial charge in [-0.05, 0) is 18.3 Å². The first-order chi connectivity index (χ1) is 3.75. The van der Waals surface area contributed by atoms with Crippen LogP contribution in [0.1, 0.15) is 20.3 Å². The van der Waals surface area contributed by atoms with Crippen molar-refractivity contribution >= 4 is 6.29 Å². The summed E-state index contributed by atoms with van der Waals surface area (Å²) in [6.45, 7) is 4.31. The van der Waals surface area contributed by atoms with E-state index in [2.05, 4.69) is 13.8 Å². The van der Waals surface area contributed by atoms with E-state index in [1.54, 1.807) is 0 Å². The summed E-state index contributed by atoms with van der Waals surface area (Å²) in [5.74, 6) is 1.63. The Bertz CT molecular complexity index is 96.6. The molecule has 0 bridgehead atoms. The van der Waals surface area contributed by atoms with Gasteiger partial charge in [0, 0.05) is 5.92 Å².